The lowest BCUT2D eigenvalue weighted by Crippen LogP contribution is -2.24. The van der Waals surface area contributed by atoms with E-state index in [2.05, 4.69) is 22.4 Å². The van der Waals surface area contributed by atoms with E-state index in [0.29, 0.717) is 0 Å². The average Bonchev–Trinajstić information content (AvgIpc) is 2.26. The van der Waals surface area contributed by atoms with Gasteiger partial charge < -0.3 is 5.11 Å². The molecule has 2 rings (SSSR count). The molecule has 0 aromatic carbocycles. The van der Waals surface area contributed by atoms with Gasteiger partial charge in [-0.05, 0) is 31.4 Å². The maximum Gasteiger partial charge on any atom is 0.275 e. The SMILES string of the molecule is OCCCc1ccc2c([nH+]1)NCCC2. The Balaban J connectivity index is 2.12. The van der Waals surface area contributed by atoms with Crippen molar-refractivity contribution in [2.45, 2.75) is 25.7 Å². The van der Waals surface area contributed by atoms with Gasteiger partial charge >= 0.3 is 0 Å². The second-order valence-corrected chi connectivity index (χ2v) is 3.74. The zero-order valence-corrected chi connectivity index (χ0v) is 8.34. The number of hydrogen-bond acceptors (Lipinski definition) is 2. The fraction of sp³-hybridized carbons (Fsp3) is 0.545. The summed E-state index contributed by atoms with van der Waals surface area (Å²) in [6, 6.07) is 4.31. The Kier molecular flexibility index (Phi) is 2.99. The van der Waals surface area contributed by atoms with Gasteiger partial charge in [0, 0.05) is 18.6 Å². The predicted octanol–water partition coefficient (Wildman–Crippen LogP) is 0.784. The third-order valence-corrected chi connectivity index (χ3v) is 2.62. The van der Waals surface area contributed by atoms with E-state index in [1.165, 1.54) is 29.9 Å². The molecule has 76 valence electrons. The molecule has 0 aliphatic carbocycles. The van der Waals surface area contributed by atoms with Gasteiger partial charge in [-0.25, -0.2) is 4.98 Å². The van der Waals surface area contributed by atoms with Gasteiger partial charge in [0.1, 0.15) is 5.69 Å². The Morgan fingerprint density at radius 3 is 3.21 bits per heavy atom. The number of anilines is 1. The maximum atomic E-state index is 8.74. The molecule has 0 saturated heterocycles. The molecule has 1 aromatic rings. The number of nitrogens with one attached hydrogen (secondary N) is 2. The number of H-pyrrole nitrogens is 1. The van der Waals surface area contributed by atoms with Crippen molar-refractivity contribution in [3.8, 4) is 0 Å². The van der Waals surface area contributed by atoms with Gasteiger partial charge in [0.05, 0.1) is 6.54 Å². The third-order valence-electron chi connectivity index (χ3n) is 2.62. The lowest BCUT2D eigenvalue weighted by Gasteiger charge is -2.11. The predicted molar refractivity (Wildman–Crippen MR) is 55.2 cm³/mol. The van der Waals surface area contributed by atoms with Gasteiger partial charge in [0.2, 0.25) is 0 Å². The van der Waals surface area contributed by atoms with E-state index in [-0.39, 0.29) is 6.61 Å². The fourth-order valence-corrected chi connectivity index (χ4v) is 1.84. The second kappa shape index (κ2) is 4.42. The average molecular weight is 193 g/mol. The quantitative estimate of drug-likeness (QED) is 0.745. The zero-order valence-electron chi connectivity index (χ0n) is 8.34. The molecule has 3 heteroatoms. The first-order valence-corrected chi connectivity index (χ1v) is 5.29. The van der Waals surface area contributed by atoms with Crippen molar-refractivity contribution in [1.82, 2.24) is 0 Å². The fourth-order valence-electron chi connectivity index (χ4n) is 1.84. The largest absolute Gasteiger partial charge is 0.396 e. The molecule has 0 radical (unpaired) electrons. The lowest BCUT2D eigenvalue weighted by molar-refractivity contribution is -0.374. The molecule has 3 nitrogen and oxygen atoms in total. The van der Waals surface area contributed by atoms with E-state index >= 15 is 0 Å². The van der Waals surface area contributed by atoms with Gasteiger partial charge in [0.25, 0.3) is 5.82 Å². The van der Waals surface area contributed by atoms with E-state index in [1.54, 1.807) is 0 Å². The highest BCUT2D eigenvalue weighted by atomic mass is 16.2. The molecule has 1 aromatic heterocycles. The van der Waals surface area contributed by atoms with Crippen molar-refractivity contribution in [2.75, 3.05) is 18.5 Å². The van der Waals surface area contributed by atoms with Crippen molar-refractivity contribution in [2.24, 2.45) is 0 Å². The number of aliphatic hydroxyl groups excluding tert-OH is 1. The van der Waals surface area contributed by atoms with E-state index in [9.17, 15) is 0 Å². The number of aliphatic hydroxyl groups is 1. The van der Waals surface area contributed by atoms with Crippen LogP contribution >= 0.6 is 0 Å². The monoisotopic (exact) mass is 193 g/mol. The topological polar surface area (TPSA) is 46.4 Å². The number of rotatable bonds is 3. The number of aromatic nitrogens is 1. The van der Waals surface area contributed by atoms with Crippen molar-refractivity contribution < 1.29 is 10.1 Å². The summed E-state index contributed by atoms with van der Waals surface area (Å²) < 4.78 is 0. The molecular weight excluding hydrogens is 176 g/mol. The second-order valence-electron chi connectivity index (χ2n) is 3.74. The highest BCUT2D eigenvalue weighted by Crippen LogP contribution is 2.16. The molecule has 0 saturated carbocycles. The minimum Gasteiger partial charge on any atom is -0.396 e. The highest BCUT2D eigenvalue weighted by molar-refractivity contribution is 5.41. The van der Waals surface area contributed by atoms with E-state index in [0.717, 1.165) is 19.4 Å². The van der Waals surface area contributed by atoms with Crippen LogP contribution in [0.15, 0.2) is 12.1 Å². The number of hydrogen-bond donors (Lipinski definition) is 2. The van der Waals surface area contributed by atoms with Crippen LogP contribution in [0, 0.1) is 0 Å². The summed E-state index contributed by atoms with van der Waals surface area (Å²) in [5.74, 6) is 1.17. The van der Waals surface area contributed by atoms with Gasteiger partial charge in [-0.15, -0.1) is 0 Å². The van der Waals surface area contributed by atoms with Crippen LogP contribution in [0.2, 0.25) is 0 Å². The van der Waals surface area contributed by atoms with Crippen LogP contribution in [0.25, 0.3) is 0 Å². The number of aromatic amines is 1. The smallest absolute Gasteiger partial charge is 0.275 e. The van der Waals surface area contributed by atoms with Crippen molar-refractivity contribution in [3.63, 3.8) is 0 Å². The molecule has 0 unspecified atom stereocenters. The summed E-state index contributed by atoms with van der Waals surface area (Å²) in [6.45, 7) is 1.32. The van der Waals surface area contributed by atoms with Crippen molar-refractivity contribution in [1.29, 1.82) is 0 Å². The van der Waals surface area contributed by atoms with Gasteiger partial charge in [-0.1, -0.05) is 0 Å². The molecule has 0 amide bonds. The molecular formula is C11H17N2O+. The standard InChI is InChI=1S/C11H16N2O/c14-8-2-4-10-6-5-9-3-1-7-12-11(9)13-10/h5-6,14H,1-4,7-8H2,(H,12,13)/p+1. The van der Waals surface area contributed by atoms with Gasteiger partial charge in [-0.2, -0.15) is 0 Å². The minimum absolute atomic E-state index is 0.262. The first-order valence-electron chi connectivity index (χ1n) is 5.29. The summed E-state index contributed by atoms with van der Waals surface area (Å²) in [5.41, 5.74) is 2.58. The molecule has 1 aliphatic rings. The summed E-state index contributed by atoms with van der Waals surface area (Å²) >= 11 is 0. The molecule has 0 fully saturated rings. The maximum absolute atomic E-state index is 8.74. The summed E-state index contributed by atoms with van der Waals surface area (Å²) in [6.07, 6.45) is 4.14. The molecule has 14 heavy (non-hydrogen) atoms. The van der Waals surface area contributed by atoms with Crippen LogP contribution in [-0.2, 0) is 12.8 Å². The summed E-state index contributed by atoms with van der Waals surface area (Å²) in [5, 5.41) is 12.1. The third kappa shape index (κ3) is 2.04. The van der Waals surface area contributed by atoms with E-state index < -0.39 is 0 Å². The molecule has 0 atom stereocenters. The first-order chi connectivity index (χ1) is 6.90. The Labute approximate surface area is 84.2 Å². The number of aryl methyl sites for hydroxylation is 2. The Morgan fingerprint density at radius 1 is 1.43 bits per heavy atom. The molecule has 0 bridgehead atoms. The first kappa shape index (κ1) is 9.46. The molecule has 2 heterocycles. The number of fused-ring (bicyclic) bond motifs is 1. The number of pyridine rings is 1. The van der Waals surface area contributed by atoms with E-state index in [1.807, 2.05) is 0 Å². The zero-order chi connectivity index (χ0) is 9.80. The van der Waals surface area contributed by atoms with Crippen LogP contribution < -0.4 is 10.3 Å². The Morgan fingerprint density at radius 2 is 2.36 bits per heavy atom. The Hall–Kier alpha value is -1.09. The van der Waals surface area contributed by atoms with Crippen LogP contribution in [0.1, 0.15) is 24.1 Å². The van der Waals surface area contributed by atoms with Crippen molar-refractivity contribution in [3.05, 3.63) is 23.4 Å². The molecule has 0 spiro atoms. The van der Waals surface area contributed by atoms with Crippen molar-refractivity contribution >= 4 is 5.82 Å². The molecule has 1 aliphatic heterocycles. The summed E-state index contributed by atoms with van der Waals surface area (Å²) in [4.78, 5) is 3.38. The molecule has 3 N–H and O–H groups in total. The van der Waals surface area contributed by atoms with Crippen LogP contribution in [-0.4, -0.2) is 18.3 Å². The summed E-state index contributed by atoms with van der Waals surface area (Å²) in [7, 11) is 0. The Bertz CT molecular complexity index is 312. The highest BCUT2D eigenvalue weighted by Gasteiger charge is 2.15. The van der Waals surface area contributed by atoms with Crippen LogP contribution in [0.5, 0.6) is 0 Å². The normalized spacial score (nSPS) is 14.6. The van der Waals surface area contributed by atoms with E-state index in [4.69, 9.17) is 5.11 Å². The van der Waals surface area contributed by atoms with Crippen LogP contribution in [0.4, 0.5) is 5.82 Å². The lowest BCUT2D eigenvalue weighted by atomic mass is 10.1. The minimum atomic E-state index is 0.262. The van der Waals surface area contributed by atoms with Gasteiger partial charge in [-0.3, -0.25) is 5.32 Å². The van der Waals surface area contributed by atoms with Gasteiger partial charge in [0.15, 0.2) is 0 Å². The van der Waals surface area contributed by atoms with Crippen LogP contribution in [0.3, 0.4) is 0 Å².